The normalized spacial score (nSPS) is 13.6. The molecular formula is C14H9NO4S. The lowest BCUT2D eigenvalue weighted by molar-refractivity contribution is -0.0581. The summed E-state index contributed by atoms with van der Waals surface area (Å²) in [7, 11) is 0. The molecule has 2 aromatic rings. The number of fused-ring (bicyclic) bond motifs is 1. The fraction of sp³-hybridized carbons (Fsp3) is 0.0714. The first-order valence-corrected chi connectivity index (χ1v) is 6.72. The number of carbonyl (C=O) groups is 3. The molecule has 2 heterocycles. The van der Waals surface area contributed by atoms with Crippen molar-refractivity contribution in [1.29, 1.82) is 0 Å². The number of hydroxylamine groups is 2. The quantitative estimate of drug-likeness (QED) is 0.796. The van der Waals surface area contributed by atoms with Gasteiger partial charge >= 0.3 is 5.97 Å². The molecule has 1 aliphatic rings. The molecule has 3 rings (SSSR count). The molecule has 6 heteroatoms. The summed E-state index contributed by atoms with van der Waals surface area (Å²) in [5, 5.41) is 2.26. The highest BCUT2D eigenvalue weighted by Gasteiger charge is 2.39. The predicted octanol–water partition coefficient (Wildman–Crippen LogP) is 2.42. The van der Waals surface area contributed by atoms with Gasteiger partial charge in [0.1, 0.15) is 4.88 Å². The number of rotatable bonds is 2. The zero-order valence-corrected chi connectivity index (χ0v) is 11.3. The Morgan fingerprint density at radius 3 is 2.20 bits per heavy atom. The highest BCUT2D eigenvalue weighted by atomic mass is 32.1. The van der Waals surface area contributed by atoms with Crippen LogP contribution >= 0.6 is 11.3 Å². The van der Waals surface area contributed by atoms with Crippen LogP contribution in [0.3, 0.4) is 0 Å². The maximum Gasteiger partial charge on any atom is 0.374 e. The van der Waals surface area contributed by atoms with Gasteiger partial charge < -0.3 is 4.84 Å². The van der Waals surface area contributed by atoms with E-state index in [0.717, 1.165) is 5.56 Å². The van der Waals surface area contributed by atoms with Gasteiger partial charge in [0.05, 0.1) is 11.1 Å². The van der Waals surface area contributed by atoms with E-state index in [1.807, 2.05) is 0 Å². The molecule has 20 heavy (non-hydrogen) atoms. The lowest BCUT2D eigenvalue weighted by Crippen LogP contribution is -2.32. The molecular weight excluding hydrogens is 278 g/mol. The summed E-state index contributed by atoms with van der Waals surface area (Å²) in [4.78, 5) is 41.3. The molecule has 0 atom stereocenters. The van der Waals surface area contributed by atoms with Gasteiger partial charge in [-0.05, 0) is 36.1 Å². The molecule has 0 aliphatic carbocycles. The Balaban J connectivity index is 1.87. The average Bonchev–Trinajstić information content (AvgIpc) is 2.97. The van der Waals surface area contributed by atoms with Crippen molar-refractivity contribution in [2.24, 2.45) is 0 Å². The second-order valence-electron chi connectivity index (χ2n) is 4.26. The Kier molecular flexibility index (Phi) is 2.87. The Labute approximate surface area is 118 Å². The summed E-state index contributed by atoms with van der Waals surface area (Å²) in [6, 6.07) is 8.13. The van der Waals surface area contributed by atoms with Crippen molar-refractivity contribution in [3.05, 3.63) is 57.3 Å². The molecule has 0 N–H and O–H groups in total. The van der Waals surface area contributed by atoms with E-state index in [1.165, 1.54) is 23.5 Å². The fourth-order valence-corrected chi connectivity index (χ4v) is 2.75. The molecule has 0 saturated heterocycles. The van der Waals surface area contributed by atoms with Gasteiger partial charge in [-0.1, -0.05) is 17.2 Å². The molecule has 0 unspecified atom stereocenters. The van der Waals surface area contributed by atoms with Crippen molar-refractivity contribution in [3.63, 3.8) is 0 Å². The zero-order valence-electron chi connectivity index (χ0n) is 10.5. The van der Waals surface area contributed by atoms with Crippen molar-refractivity contribution in [3.8, 4) is 0 Å². The van der Waals surface area contributed by atoms with E-state index in [0.29, 0.717) is 9.94 Å². The maximum absolute atomic E-state index is 12.0. The minimum Gasteiger partial charge on any atom is -0.323 e. The van der Waals surface area contributed by atoms with Crippen LogP contribution in [0.15, 0.2) is 35.7 Å². The summed E-state index contributed by atoms with van der Waals surface area (Å²) in [5.74, 6) is -1.94. The molecule has 0 spiro atoms. The molecule has 0 saturated carbocycles. The van der Waals surface area contributed by atoms with Crippen LogP contribution in [-0.4, -0.2) is 22.8 Å². The molecule has 0 radical (unpaired) electrons. The number of carbonyl (C=O) groups excluding carboxylic acids is 3. The van der Waals surface area contributed by atoms with Crippen molar-refractivity contribution in [2.45, 2.75) is 6.92 Å². The van der Waals surface area contributed by atoms with E-state index in [1.54, 1.807) is 30.5 Å². The van der Waals surface area contributed by atoms with Crippen LogP contribution in [0.2, 0.25) is 0 Å². The van der Waals surface area contributed by atoms with E-state index in [-0.39, 0.29) is 11.1 Å². The van der Waals surface area contributed by atoms with Gasteiger partial charge in [0.25, 0.3) is 11.8 Å². The van der Waals surface area contributed by atoms with Crippen LogP contribution in [0.4, 0.5) is 0 Å². The van der Waals surface area contributed by atoms with Gasteiger partial charge in [0.2, 0.25) is 0 Å². The lowest BCUT2D eigenvalue weighted by atomic mass is 10.1. The number of nitrogens with zero attached hydrogens (tertiary/aromatic N) is 1. The highest BCUT2D eigenvalue weighted by molar-refractivity contribution is 7.12. The minimum absolute atomic E-state index is 0.244. The molecule has 1 aliphatic heterocycles. The molecule has 0 bridgehead atoms. The highest BCUT2D eigenvalue weighted by Crippen LogP contribution is 2.24. The first-order chi connectivity index (χ1) is 9.59. The molecule has 1 aromatic heterocycles. The van der Waals surface area contributed by atoms with Crippen molar-refractivity contribution < 1.29 is 19.2 Å². The number of imide groups is 1. The SMILES string of the molecule is Cc1ccsc1C(=O)ON1C(=O)c2ccccc2C1=O. The lowest BCUT2D eigenvalue weighted by Gasteiger charge is -2.12. The number of amides is 2. The number of aryl methyl sites for hydroxylation is 1. The van der Waals surface area contributed by atoms with Crippen LogP contribution in [-0.2, 0) is 4.84 Å². The molecule has 5 nitrogen and oxygen atoms in total. The maximum atomic E-state index is 12.0. The third-order valence-corrected chi connectivity index (χ3v) is 3.97. The van der Waals surface area contributed by atoms with Gasteiger partial charge in [-0.2, -0.15) is 0 Å². The topological polar surface area (TPSA) is 63.7 Å². The van der Waals surface area contributed by atoms with Crippen LogP contribution in [0, 0.1) is 6.92 Å². The summed E-state index contributed by atoms with van der Waals surface area (Å²) in [6.45, 7) is 1.76. The molecule has 1 aromatic carbocycles. The summed E-state index contributed by atoms with van der Waals surface area (Å²) >= 11 is 1.20. The number of hydrogen-bond acceptors (Lipinski definition) is 5. The van der Waals surface area contributed by atoms with Crippen molar-refractivity contribution in [2.75, 3.05) is 0 Å². The van der Waals surface area contributed by atoms with Gasteiger partial charge in [0, 0.05) is 0 Å². The Morgan fingerprint density at radius 1 is 1.10 bits per heavy atom. The third kappa shape index (κ3) is 1.81. The van der Waals surface area contributed by atoms with Crippen LogP contribution in [0.25, 0.3) is 0 Å². The first-order valence-electron chi connectivity index (χ1n) is 5.84. The second-order valence-corrected chi connectivity index (χ2v) is 5.18. The Bertz CT molecular complexity index is 699. The predicted molar refractivity (Wildman–Crippen MR) is 71.4 cm³/mol. The fourth-order valence-electron chi connectivity index (χ4n) is 1.96. The van der Waals surface area contributed by atoms with Crippen LogP contribution in [0.5, 0.6) is 0 Å². The Hall–Kier alpha value is -2.47. The number of benzene rings is 1. The number of thiophene rings is 1. The first kappa shape index (κ1) is 12.6. The second kappa shape index (κ2) is 4.57. The van der Waals surface area contributed by atoms with Crippen LogP contribution in [0.1, 0.15) is 36.0 Å². The van der Waals surface area contributed by atoms with Gasteiger partial charge in [-0.15, -0.1) is 11.3 Å². The van der Waals surface area contributed by atoms with E-state index in [4.69, 9.17) is 4.84 Å². The largest absolute Gasteiger partial charge is 0.374 e. The monoisotopic (exact) mass is 287 g/mol. The minimum atomic E-state index is -0.702. The summed E-state index contributed by atoms with van der Waals surface area (Å²) in [5.41, 5.74) is 1.23. The van der Waals surface area contributed by atoms with E-state index >= 15 is 0 Å². The van der Waals surface area contributed by atoms with Gasteiger partial charge in [-0.25, -0.2) is 4.79 Å². The van der Waals surface area contributed by atoms with Crippen LogP contribution < -0.4 is 0 Å². The number of hydrogen-bond donors (Lipinski definition) is 0. The van der Waals surface area contributed by atoms with E-state index in [2.05, 4.69) is 0 Å². The summed E-state index contributed by atoms with van der Waals surface area (Å²) in [6.07, 6.45) is 0. The summed E-state index contributed by atoms with van der Waals surface area (Å²) < 4.78 is 0. The van der Waals surface area contributed by atoms with E-state index < -0.39 is 17.8 Å². The average molecular weight is 287 g/mol. The van der Waals surface area contributed by atoms with E-state index in [9.17, 15) is 14.4 Å². The van der Waals surface area contributed by atoms with Crippen molar-refractivity contribution >= 4 is 29.1 Å². The Morgan fingerprint density at radius 2 is 1.70 bits per heavy atom. The van der Waals surface area contributed by atoms with Gasteiger partial charge in [0.15, 0.2) is 0 Å². The third-order valence-electron chi connectivity index (χ3n) is 2.98. The zero-order chi connectivity index (χ0) is 14.3. The standard InChI is InChI=1S/C14H9NO4S/c1-8-6-7-20-11(8)14(18)19-15-12(16)9-4-2-3-5-10(9)13(15)17/h2-7H,1H3. The smallest absolute Gasteiger partial charge is 0.323 e. The molecule has 2 amide bonds. The van der Waals surface area contributed by atoms with Gasteiger partial charge in [-0.3, -0.25) is 9.59 Å². The molecule has 100 valence electrons. The molecule has 0 fully saturated rings. The van der Waals surface area contributed by atoms with Crippen molar-refractivity contribution in [1.82, 2.24) is 5.06 Å².